The fourth-order valence-electron chi connectivity index (χ4n) is 5.31. The molecular formula is C16H26N4O5S2Si. The summed E-state index contributed by atoms with van der Waals surface area (Å²) < 4.78 is 33.1. The third-order valence-corrected chi connectivity index (χ3v) is 10.7. The summed E-state index contributed by atoms with van der Waals surface area (Å²) in [4.78, 5) is 25.9. The number of hydrogen-bond acceptors (Lipinski definition) is 7. The summed E-state index contributed by atoms with van der Waals surface area (Å²) in [6.07, 6.45) is 1.12. The van der Waals surface area contributed by atoms with E-state index in [1.165, 1.54) is 16.4 Å². The molecule has 0 unspecified atom stereocenters. The zero-order valence-corrected chi connectivity index (χ0v) is 19.1. The Morgan fingerprint density at radius 1 is 1.39 bits per heavy atom. The summed E-state index contributed by atoms with van der Waals surface area (Å²) in [6, 6.07) is 0.596. The third kappa shape index (κ3) is 2.41. The third-order valence-electron chi connectivity index (χ3n) is 6.53. The van der Waals surface area contributed by atoms with E-state index in [-0.39, 0.29) is 23.3 Å². The Kier molecular flexibility index (Phi) is 4.31. The summed E-state index contributed by atoms with van der Waals surface area (Å²) in [5, 5.41) is 4.10. The highest BCUT2D eigenvalue weighted by molar-refractivity contribution is 7.89. The van der Waals surface area contributed by atoms with Gasteiger partial charge >= 0.3 is 5.97 Å². The number of carbonyl (C=O) groups excluding carboxylic acids is 2. The van der Waals surface area contributed by atoms with Crippen LogP contribution in [0.2, 0.25) is 25.7 Å². The molecule has 4 fully saturated rings. The van der Waals surface area contributed by atoms with Gasteiger partial charge in [0.25, 0.3) is 5.91 Å². The molecule has 0 aromatic heterocycles. The lowest BCUT2D eigenvalue weighted by molar-refractivity contribution is -0.150. The Balaban J connectivity index is 1.82. The Morgan fingerprint density at radius 2 is 2.07 bits per heavy atom. The quantitative estimate of drug-likeness (QED) is 0.341. The summed E-state index contributed by atoms with van der Waals surface area (Å²) in [5.41, 5.74) is 0.421. The largest absolute Gasteiger partial charge is 0.468 e. The van der Waals surface area contributed by atoms with Gasteiger partial charge in [-0.15, -0.1) is 0 Å². The first-order chi connectivity index (χ1) is 12.9. The van der Waals surface area contributed by atoms with Crippen LogP contribution in [0.1, 0.15) is 12.8 Å². The second kappa shape index (κ2) is 5.97. The number of hydrogen-bond donors (Lipinski definition) is 2. The molecule has 4 rings (SSSR count). The maximum absolute atomic E-state index is 13.4. The van der Waals surface area contributed by atoms with Crippen molar-refractivity contribution in [2.45, 2.75) is 49.7 Å². The van der Waals surface area contributed by atoms with Crippen molar-refractivity contribution in [3.8, 4) is 0 Å². The van der Waals surface area contributed by atoms with Crippen molar-refractivity contribution < 1.29 is 22.7 Å². The van der Waals surface area contributed by atoms with Gasteiger partial charge in [-0.25, -0.2) is 18.6 Å². The van der Waals surface area contributed by atoms with E-state index in [0.717, 1.165) is 0 Å². The highest BCUT2D eigenvalue weighted by Gasteiger charge is 2.82. The second-order valence-electron chi connectivity index (χ2n) is 9.33. The Bertz CT molecular complexity index is 875. The molecule has 0 aromatic carbocycles. The van der Waals surface area contributed by atoms with Crippen molar-refractivity contribution in [3.63, 3.8) is 0 Å². The molecule has 28 heavy (non-hydrogen) atoms. The molecule has 3 saturated heterocycles. The van der Waals surface area contributed by atoms with Gasteiger partial charge in [-0.05, 0) is 37.0 Å². The van der Waals surface area contributed by atoms with Crippen LogP contribution in [0.5, 0.6) is 0 Å². The van der Waals surface area contributed by atoms with Crippen molar-refractivity contribution in [3.05, 3.63) is 0 Å². The van der Waals surface area contributed by atoms with E-state index in [1.54, 1.807) is 0 Å². The summed E-state index contributed by atoms with van der Waals surface area (Å²) >= 11 is 5.31. The molecule has 3 heterocycles. The van der Waals surface area contributed by atoms with Crippen molar-refractivity contribution in [1.29, 1.82) is 0 Å². The van der Waals surface area contributed by atoms with Gasteiger partial charge in [-0.2, -0.15) is 4.31 Å². The van der Waals surface area contributed by atoms with Crippen molar-refractivity contribution in [1.82, 2.24) is 20.1 Å². The lowest BCUT2D eigenvalue weighted by Crippen LogP contribution is -2.62. The van der Waals surface area contributed by atoms with Gasteiger partial charge in [0.05, 0.1) is 12.9 Å². The van der Waals surface area contributed by atoms with E-state index in [4.69, 9.17) is 17.0 Å². The number of esters is 1. The predicted octanol–water partition coefficient (Wildman–Crippen LogP) is -0.161. The number of hydrazine groups is 1. The number of ether oxygens (including phenoxy) is 1. The topological polar surface area (TPSA) is 108 Å². The van der Waals surface area contributed by atoms with E-state index < -0.39 is 47.1 Å². The highest BCUT2D eigenvalue weighted by atomic mass is 32.2. The van der Waals surface area contributed by atoms with Crippen LogP contribution in [0.4, 0.5) is 0 Å². The molecule has 1 amide bonds. The fraction of sp³-hybridized carbons (Fsp3) is 0.812. The molecule has 0 bridgehead atoms. The number of methoxy groups -OCH3 is 1. The smallest absolute Gasteiger partial charge is 0.328 e. The normalized spacial score (nSPS) is 37.2. The second-order valence-corrected chi connectivity index (χ2v) is 17.4. The number of nitrogens with zero attached hydrogens (tertiary/aromatic N) is 2. The van der Waals surface area contributed by atoms with Crippen molar-refractivity contribution >= 4 is 47.3 Å². The van der Waals surface area contributed by atoms with Crippen LogP contribution in [-0.4, -0.2) is 73.4 Å². The maximum atomic E-state index is 13.4. The lowest BCUT2D eigenvalue weighted by Gasteiger charge is -2.36. The van der Waals surface area contributed by atoms with E-state index in [2.05, 4.69) is 30.4 Å². The zero-order valence-electron chi connectivity index (χ0n) is 16.4. The van der Waals surface area contributed by atoms with Crippen molar-refractivity contribution in [2.75, 3.05) is 19.4 Å². The Hall–Kier alpha value is -1.08. The van der Waals surface area contributed by atoms with Crippen LogP contribution in [0.3, 0.4) is 0 Å². The SMILES string of the molecule is COC(=O)[C@@]12CC[C@H]3CN(S(=O)(=O)CC[Si](C)(C)C)[C@]4(C(=O)NC(=S)N4N1)[C@H]32. The maximum Gasteiger partial charge on any atom is 0.328 e. The number of nitrogens with one attached hydrogen (secondary N) is 2. The van der Waals surface area contributed by atoms with Gasteiger partial charge in [0.1, 0.15) is 5.54 Å². The van der Waals surface area contributed by atoms with Gasteiger partial charge in [0.2, 0.25) is 15.7 Å². The number of sulfonamides is 1. The molecule has 12 heteroatoms. The Labute approximate surface area is 171 Å². The minimum atomic E-state index is -3.74. The molecular weight excluding hydrogens is 420 g/mol. The molecule has 0 radical (unpaired) electrons. The van der Waals surface area contributed by atoms with Gasteiger partial charge < -0.3 is 4.74 Å². The highest BCUT2D eigenvalue weighted by Crippen LogP contribution is 2.60. The van der Waals surface area contributed by atoms with Gasteiger partial charge in [0.15, 0.2) is 5.11 Å². The number of carbonyl (C=O) groups is 2. The number of rotatable bonds is 5. The Morgan fingerprint density at radius 3 is 2.68 bits per heavy atom. The van der Waals surface area contributed by atoms with E-state index in [0.29, 0.717) is 18.9 Å². The molecule has 4 aliphatic rings. The van der Waals surface area contributed by atoms with Crippen LogP contribution < -0.4 is 10.7 Å². The number of amides is 1. The molecule has 1 saturated carbocycles. The molecule has 0 aromatic rings. The molecule has 156 valence electrons. The van der Waals surface area contributed by atoms with Crippen LogP contribution in [0, 0.1) is 11.8 Å². The summed E-state index contributed by atoms with van der Waals surface area (Å²) in [6.45, 7) is 6.56. The van der Waals surface area contributed by atoms with E-state index in [1.807, 2.05) is 0 Å². The molecule has 4 atom stereocenters. The molecule has 9 nitrogen and oxygen atoms in total. The van der Waals surface area contributed by atoms with Gasteiger partial charge in [-0.3, -0.25) is 15.1 Å². The van der Waals surface area contributed by atoms with E-state index in [9.17, 15) is 18.0 Å². The van der Waals surface area contributed by atoms with Crippen LogP contribution in [-0.2, 0) is 24.3 Å². The average Bonchev–Trinajstić information content (AvgIpc) is 3.27. The fourth-order valence-corrected chi connectivity index (χ4v) is 10.4. The van der Waals surface area contributed by atoms with E-state index >= 15 is 0 Å². The van der Waals surface area contributed by atoms with Gasteiger partial charge in [0, 0.05) is 20.5 Å². The minimum Gasteiger partial charge on any atom is -0.468 e. The monoisotopic (exact) mass is 446 g/mol. The average molecular weight is 447 g/mol. The first-order valence-corrected chi connectivity index (χ1v) is 15.1. The molecule has 3 aliphatic heterocycles. The zero-order chi connectivity index (χ0) is 20.7. The summed E-state index contributed by atoms with van der Waals surface area (Å²) in [7, 11) is -4.04. The predicted molar refractivity (Wildman–Crippen MR) is 108 cm³/mol. The van der Waals surface area contributed by atoms with Crippen LogP contribution >= 0.6 is 12.2 Å². The molecule has 1 aliphatic carbocycles. The molecule has 1 spiro atoms. The van der Waals surface area contributed by atoms with Gasteiger partial charge in [-0.1, -0.05) is 19.6 Å². The first kappa shape index (κ1) is 20.2. The minimum absolute atomic E-state index is 0.0109. The van der Waals surface area contributed by atoms with Crippen molar-refractivity contribution in [2.24, 2.45) is 11.8 Å². The van der Waals surface area contributed by atoms with Crippen LogP contribution in [0.15, 0.2) is 0 Å². The molecule has 2 N–H and O–H groups in total. The lowest BCUT2D eigenvalue weighted by atomic mass is 9.79. The summed E-state index contributed by atoms with van der Waals surface area (Å²) in [5.74, 6) is -1.64. The van der Waals surface area contributed by atoms with Crippen LogP contribution in [0.25, 0.3) is 0 Å². The first-order valence-electron chi connectivity index (χ1n) is 9.42. The number of thiocarbonyl (C=S) groups is 1. The standard InChI is InChI=1S/C16H26N4O5S2Si/c1-25-13(22)15-6-5-10-9-19(27(23,24)7-8-28(2,3)4)16(11(10)15)12(21)17-14(26)20(16)18-15/h10-11,18H,5-9H2,1-4H3,(H,17,21,26)/t10-,11+,15-,16+/m0/s1.